The van der Waals surface area contributed by atoms with E-state index in [0.29, 0.717) is 16.1 Å². The molecule has 3 aromatic carbocycles. The van der Waals surface area contributed by atoms with Crippen LogP contribution < -0.4 is 11.5 Å². The fourth-order valence-electron chi connectivity index (χ4n) is 2.66. The number of hydrogen-bond donors (Lipinski definition) is 3. The van der Waals surface area contributed by atoms with Gasteiger partial charge in [0.25, 0.3) is 5.91 Å². The summed E-state index contributed by atoms with van der Waals surface area (Å²) in [4.78, 5) is 12.1. The number of halogens is 1. The van der Waals surface area contributed by atoms with Gasteiger partial charge in [-0.15, -0.1) is 0 Å². The molecule has 1 amide bonds. The van der Waals surface area contributed by atoms with E-state index in [-0.39, 0.29) is 16.1 Å². The fraction of sp³-hybridized carbons (Fsp3) is 0. The van der Waals surface area contributed by atoms with Gasteiger partial charge < -0.3 is 16.0 Å². The molecule has 0 aliphatic heterocycles. The van der Waals surface area contributed by atoms with E-state index >= 15 is 0 Å². The van der Waals surface area contributed by atoms with Crippen LogP contribution in [0.5, 0.6) is 0 Å². The average Bonchev–Trinajstić information content (AvgIpc) is 2.62. The van der Waals surface area contributed by atoms with Gasteiger partial charge in [0, 0.05) is 10.6 Å². The summed E-state index contributed by atoms with van der Waals surface area (Å²) in [6, 6.07) is 17.1. The van der Waals surface area contributed by atoms with E-state index in [1.165, 1.54) is 12.1 Å². The molecule has 3 aromatic rings. The zero-order valence-electron chi connectivity index (χ0n) is 13.5. The van der Waals surface area contributed by atoms with Crippen LogP contribution in [0.15, 0.2) is 65.6 Å². The largest absolute Gasteiger partial charge is 0.398 e. The van der Waals surface area contributed by atoms with E-state index in [0.717, 1.165) is 11.1 Å². The molecule has 0 aliphatic carbocycles. The van der Waals surface area contributed by atoms with E-state index in [4.69, 9.17) is 27.6 Å². The van der Waals surface area contributed by atoms with Crippen molar-refractivity contribution in [2.75, 3.05) is 5.73 Å². The summed E-state index contributed by atoms with van der Waals surface area (Å²) in [5.74, 6) is -0.632. The summed E-state index contributed by atoms with van der Waals surface area (Å²) in [5.41, 5.74) is 15.0. The Kier molecular flexibility index (Phi) is 5.08. The van der Waals surface area contributed by atoms with Gasteiger partial charge in [-0.05, 0) is 53.1 Å². The maximum absolute atomic E-state index is 11.8. The molecule has 0 fully saturated rings. The fourth-order valence-corrected chi connectivity index (χ4v) is 3.15. The highest BCUT2D eigenvalue weighted by Crippen LogP contribution is 2.34. The maximum Gasteiger partial charge on any atom is 0.250 e. The number of hydrogen-bond acceptors (Lipinski definition) is 3. The number of anilines is 1. The van der Waals surface area contributed by atoms with Gasteiger partial charge in [0.05, 0.1) is 16.1 Å². The second kappa shape index (κ2) is 7.29. The number of carbonyl (C=O) groups is 1. The molecule has 0 bridgehead atoms. The highest BCUT2D eigenvalue weighted by atomic mass is 35.5. The van der Waals surface area contributed by atoms with Crippen LogP contribution in [0.3, 0.4) is 0 Å². The quantitative estimate of drug-likeness (QED) is 0.466. The smallest absolute Gasteiger partial charge is 0.250 e. The van der Waals surface area contributed by atoms with Crippen LogP contribution in [0.4, 0.5) is 5.69 Å². The summed E-state index contributed by atoms with van der Waals surface area (Å²) in [6.07, 6.45) is 0. The van der Waals surface area contributed by atoms with Crippen LogP contribution in [0.25, 0.3) is 22.3 Å². The number of nitrogens with two attached hydrogens (primary N) is 2. The van der Waals surface area contributed by atoms with Crippen molar-refractivity contribution in [3.63, 3.8) is 0 Å². The zero-order valence-corrected chi connectivity index (χ0v) is 15.1. The molecule has 26 heavy (non-hydrogen) atoms. The predicted molar refractivity (Wildman–Crippen MR) is 104 cm³/mol. The molecule has 0 aliphatic rings. The van der Waals surface area contributed by atoms with Crippen molar-refractivity contribution < 1.29 is 13.6 Å². The third-order valence-corrected chi connectivity index (χ3v) is 4.92. The molecule has 0 saturated carbocycles. The van der Waals surface area contributed by atoms with Crippen molar-refractivity contribution >= 4 is 34.3 Å². The lowest BCUT2D eigenvalue weighted by molar-refractivity contribution is 0.100. The van der Waals surface area contributed by atoms with Crippen LogP contribution >= 0.6 is 11.6 Å². The van der Waals surface area contributed by atoms with E-state index in [1.54, 1.807) is 30.3 Å². The van der Waals surface area contributed by atoms with Gasteiger partial charge >= 0.3 is 0 Å². The monoisotopic (exact) mass is 386 g/mol. The number of amides is 1. The highest BCUT2D eigenvalue weighted by Gasteiger charge is 2.15. The molecule has 7 heteroatoms. The standard InChI is InChI=1S/C19H15ClN2O3S/c20-14-5-1-11(2-6-14)13-9-16(18(21)17(10-13)19(22)23)12-3-7-15(8-4-12)26(24)25/h1-10H,21H2,(H2,22,23)(H,24,25). The normalized spacial score (nSPS) is 11.9. The van der Waals surface area contributed by atoms with Gasteiger partial charge in [-0.1, -0.05) is 35.9 Å². The van der Waals surface area contributed by atoms with Gasteiger partial charge in [-0.2, -0.15) is 0 Å². The van der Waals surface area contributed by atoms with Crippen LogP contribution in [-0.4, -0.2) is 14.7 Å². The molecule has 3 rings (SSSR count). The van der Waals surface area contributed by atoms with Crippen molar-refractivity contribution in [2.45, 2.75) is 4.90 Å². The van der Waals surface area contributed by atoms with Crippen molar-refractivity contribution in [1.82, 2.24) is 0 Å². The lowest BCUT2D eigenvalue weighted by Gasteiger charge is -2.13. The number of rotatable bonds is 4. The lowest BCUT2D eigenvalue weighted by atomic mass is 9.94. The van der Waals surface area contributed by atoms with Gasteiger partial charge in [-0.3, -0.25) is 4.79 Å². The van der Waals surface area contributed by atoms with Crippen LogP contribution in [0, 0.1) is 0 Å². The maximum atomic E-state index is 11.8. The first kappa shape index (κ1) is 18.1. The van der Waals surface area contributed by atoms with Gasteiger partial charge in [0.1, 0.15) is 0 Å². The summed E-state index contributed by atoms with van der Waals surface area (Å²) in [5, 5.41) is 0.604. The first-order chi connectivity index (χ1) is 12.4. The van der Waals surface area contributed by atoms with Gasteiger partial charge in [0.15, 0.2) is 11.1 Å². The predicted octanol–water partition coefficient (Wildman–Crippen LogP) is 3.94. The molecular weight excluding hydrogens is 372 g/mol. The number of primary amides is 1. The first-order valence-electron chi connectivity index (χ1n) is 7.57. The molecule has 1 unspecified atom stereocenters. The Morgan fingerprint density at radius 1 is 0.923 bits per heavy atom. The van der Waals surface area contributed by atoms with Crippen molar-refractivity contribution in [3.05, 3.63) is 71.2 Å². The van der Waals surface area contributed by atoms with Crippen LogP contribution in [-0.2, 0) is 11.1 Å². The number of carbonyl (C=O) groups excluding carboxylic acids is 1. The Hall–Kier alpha value is -2.67. The molecule has 0 saturated heterocycles. The second-order valence-electron chi connectivity index (χ2n) is 5.63. The summed E-state index contributed by atoms with van der Waals surface area (Å²) < 4.78 is 20.3. The molecule has 0 aromatic heterocycles. The zero-order chi connectivity index (χ0) is 18.8. The SMILES string of the molecule is NC(=O)c1cc(-c2ccc(Cl)cc2)cc(-c2ccc(S(=O)O)cc2)c1N. The van der Waals surface area contributed by atoms with Gasteiger partial charge in [0.2, 0.25) is 0 Å². The van der Waals surface area contributed by atoms with Crippen LogP contribution in [0.2, 0.25) is 5.02 Å². The molecule has 1 atom stereocenters. The van der Waals surface area contributed by atoms with Crippen molar-refractivity contribution in [1.29, 1.82) is 0 Å². The molecular formula is C19H15ClN2O3S. The van der Waals surface area contributed by atoms with Crippen molar-refractivity contribution in [3.8, 4) is 22.3 Å². The Morgan fingerprint density at radius 2 is 1.50 bits per heavy atom. The molecule has 0 radical (unpaired) electrons. The second-order valence-corrected chi connectivity index (χ2v) is 7.04. The third kappa shape index (κ3) is 3.62. The first-order valence-corrected chi connectivity index (χ1v) is 9.06. The summed E-state index contributed by atoms with van der Waals surface area (Å²) in [6.45, 7) is 0. The molecule has 5 nitrogen and oxygen atoms in total. The summed E-state index contributed by atoms with van der Waals surface area (Å²) in [7, 11) is 0. The van der Waals surface area contributed by atoms with E-state index in [1.807, 2.05) is 18.2 Å². The number of benzene rings is 3. The molecule has 132 valence electrons. The minimum absolute atomic E-state index is 0.210. The average molecular weight is 387 g/mol. The minimum Gasteiger partial charge on any atom is -0.398 e. The highest BCUT2D eigenvalue weighted by molar-refractivity contribution is 7.79. The molecule has 0 spiro atoms. The minimum atomic E-state index is -2.06. The summed E-state index contributed by atoms with van der Waals surface area (Å²) >= 11 is 3.87. The van der Waals surface area contributed by atoms with Gasteiger partial charge in [-0.25, -0.2) is 4.21 Å². The molecule has 0 heterocycles. The van der Waals surface area contributed by atoms with E-state index in [2.05, 4.69) is 0 Å². The Labute approximate surface area is 157 Å². The Balaban J connectivity index is 2.18. The lowest BCUT2D eigenvalue weighted by Crippen LogP contribution is -2.14. The van der Waals surface area contributed by atoms with E-state index < -0.39 is 17.0 Å². The van der Waals surface area contributed by atoms with Crippen molar-refractivity contribution in [2.24, 2.45) is 5.73 Å². The Morgan fingerprint density at radius 3 is 2.04 bits per heavy atom. The number of nitrogen functional groups attached to an aromatic ring is 1. The van der Waals surface area contributed by atoms with Crippen LogP contribution in [0.1, 0.15) is 10.4 Å². The Bertz CT molecular complexity index is 1000. The third-order valence-electron chi connectivity index (χ3n) is 3.99. The molecule has 5 N–H and O–H groups in total. The topological polar surface area (TPSA) is 106 Å². The van der Waals surface area contributed by atoms with E-state index in [9.17, 15) is 9.00 Å².